The van der Waals surface area contributed by atoms with Gasteiger partial charge in [0.05, 0.1) is 11.4 Å². The second-order valence-corrected chi connectivity index (χ2v) is 8.53. The van der Waals surface area contributed by atoms with Crippen molar-refractivity contribution in [2.45, 2.75) is 58.4 Å². The molecule has 1 amide bonds. The standard InChI is InChI=1S/C18H28N2O3S/c1-3-4-5-6-8-15(2)19-18(21)16-9-11-17(12-10-16)20-13-7-14-24(20,22)23/h9-12,15H,3-8,13-14H2,1-2H3,(H,19,21). The summed E-state index contributed by atoms with van der Waals surface area (Å²) in [6, 6.07) is 6.96. The minimum atomic E-state index is -3.17. The predicted molar refractivity (Wildman–Crippen MR) is 97.9 cm³/mol. The Morgan fingerprint density at radius 2 is 1.92 bits per heavy atom. The number of carbonyl (C=O) groups is 1. The third kappa shape index (κ3) is 4.97. The molecule has 6 heteroatoms. The molecule has 1 saturated heterocycles. The number of nitrogens with zero attached hydrogens (tertiary/aromatic N) is 1. The number of hydrogen-bond acceptors (Lipinski definition) is 3. The van der Waals surface area contributed by atoms with Crippen LogP contribution in [0, 0.1) is 0 Å². The first kappa shape index (κ1) is 18.8. The van der Waals surface area contributed by atoms with E-state index in [4.69, 9.17) is 0 Å². The van der Waals surface area contributed by atoms with E-state index in [0.29, 0.717) is 24.2 Å². The zero-order valence-electron chi connectivity index (χ0n) is 14.6. The first-order valence-corrected chi connectivity index (χ1v) is 10.5. The van der Waals surface area contributed by atoms with Crippen LogP contribution in [0.2, 0.25) is 0 Å². The topological polar surface area (TPSA) is 66.5 Å². The molecule has 5 nitrogen and oxygen atoms in total. The number of unbranched alkanes of at least 4 members (excludes halogenated alkanes) is 3. The van der Waals surface area contributed by atoms with Crippen LogP contribution in [0.25, 0.3) is 0 Å². The van der Waals surface area contributed by atoms with E-state index in [2.05, 4.69) is 12.2 Å². The lowest BCUT2D eigenvalue weighted by Gasteiger charge is -2.17. The zero-order chi connectivity index (χ0) is 17.6. The number of rotatable bonds is 8. The molecule has 0 saturated carbocycles. The summed E-state index contributed by atoms with van der Waals surface area (Å²) in [4.78, 5) is 12.3. The molecule has 1 aromatic carbocycles. The fourth-order valence-electron chi connectivity index (χ4n) is 2.97. The Morgan fingerprint density at radius 3 is 2.50 bits per heavy atom. The van der Waals surface area contributed by atoms with Crippen LogP contribution in [0.15, 0.2) is 24.3 Å². The number of benzene rings is 1. The monoisotopic (exact) mass is 352 g/mol. The molecule has 1 N–H and O–H groups in total. The molecule has 24 heavy (non-hydrogen) atoms. The highest BCUT2D eigenvalue weighted by molar-refractivity contribution is 7.93. The van der Waals surface area contributed by atoms with Gasteiger partial charge in [-0.1, -0.05) is 32.6 Å². The number of carbonyl (C=O) groups excluding carboxylic acids is 1. The molecule has 1 fully saturated rings. The summed E-state index contributed by atoms with van der Waals surface area (Å²) in [5, 5.41) is 3.01. The minimum Gasteiger partial charge on any atom is -0.350 e. The highest BCUT2D eigenvalue weighted by atomic mass is 32.2. The number of anilines is 1. The van der Waals surface area contributed by atoms with Crippen molar-refractivity contribution in [1.29, 1.82) is 0 Å². The summed E-state index contributed by atoms with van der Waals surface area (Å²) in [6.07, 6.45) is 6.41. The minimum absolute atomic E-state index is 0.103. The van der Waals surface area contributed by atoms with Crippen LogP contribution in [-0.2, 0) is 10.0 Å². The van der Waals surface area contributed by atoms with Crippen LogP contribution in [0.4, 0.5) is 5.69 Å². The van der Waals surface area contributed by atoms with Gasteiger partial charge in [0.15, 0.2) is 0 Å². The maximum Gasteiger partial charge on any atom is 0.251 e. The largest absolute Gasteiger partial charge is 0.350 e. The molecule has 1 atom stereocenters. The third-order valence-corrected chi connectivity index (χ3v) is 6.25. The quantitative estimate of drug-likeness (QED) is 0.730. The first-order chi connectivity index (χ1) is 11.4. The van der Waals surface area contributed by atoms with Crippen molar-refractivity contribution in [3.63, 3.8) is 0 Å². The van der Waals surface area contributed by atoms with E-state index in [1.54, 1.807) is 24.3 Å². The van der Waals surface area contributed by atoms with Crippen LogP contribution in [-0.4, -0.2) is 32.7 Å². The van der Waals surface area contributed by atoms with E-state index in [1.165, 1.54) is 23.6 Å². The van der Waals surface area contributed by atoms with Crippen molar-refractivity contribution in [3.05, 3.63) is 29.8 Å². The van der Waals surface area contributed by atoms with E-state index in [9.17, 15) is 13.2 Å². The van der Waals surface area contributed by atoms with Crippen molar-refractivity contribution in [2.24, 2.45) is 0 Å². The molecule has 1 aliphatic rings. The highest BCUT2D eigenvalue weighted by Crippen LogP contribution is 2.24. The number of sulfonamides is 1. The summed E-state index contributed by atoms with van der Waals surface area (Å²) in [5.41, 5.74) is 1.20. The molecule has 0 aromatic heterocycles. The van der Waals surface area contributed by atoms with Crippen LogP contribution >= 0.6 is 0 Å². The van der Waals surface area contributed by atoms with Gasteiger partial charge >= 0.3 is 0 Å². The molecule has 1 unspecified atom stereocenters. The third-order valence-electron chi connectivity index (χ3n) is 4.38. The molecular weight excluding hydrogens is 324 g/mol. The van der Waals surface area contributed by atoms with Gasteiger partial charge in [-0.3, -0.25) is 9.10 Å². The fourth-order valence-corrected chi connectivity index (χ4v) is 4.53. The summed E-state index contributed by atoms with van der Waals surface area (Å²) < 4.78 is 25.3. The van der Waals surface area contributed by atoms with Gasteiger partial charge < -0.3 is 5.32 Å². The van der Waals surface area contributed by atoms with Crippen molar-refractivity contribution in [2.75, 3.05) is 16.6 Å². The van der Waals surface area contributed by atoms with E-state index in [0.717, 1.165) is 12.8 Å². The van der Waals surface area contributed by atoms with E-state index in [1.807, 2.05) is 6.92 Å². The summed E-state index contributed by atoms with van der Waals surface area (Å²) in [7, 11) is -3.17. The molecule has 1 aromatic rings. The fraction of sp³-hybridized carbons (Fsp3) is 0.611. The van der Waals surface area contributed by atoms with Crippen LogP contribution in [0.5, 0.6) is 0 Å². The van der Waals surface area contributed by atoms with Gasteiger partial charge in [0.1, 0.15) is 0 Å². The second-order valence-electron chi connectivity index (χ2n) is 6.51. The lowest BCUT2D eigenvalue weighted by molar-refractivity contribution is 0.0938. The Balaban J connectivity index is 1.89. The van der Waals surface area contributed by atoms with Crippen molar-refractivity contribution < 1.29 is 13.2 Å². The molecule has 134 valence electrons. The lowest BCUT2D eigenvalue weighted by Crippen LogP contribution is -2.32. The van der Waals surface area contributed by atoms with Gasteiger partial charge in [0, 0.05) is 18.2 Å². The van der Waals surface area contributed by atoms with Gasteiger partial charge in [0.2, 0.25) is 10.0 Å². The predicted octanol–water partition coefficient (Wildman–Crippen LogP) is 3.32. The van der Waals surface area contributed by atoms with E-state index in [-0.39, 0.29) is 17.7 Å². The Hall–Kier alpha value is -1.56. The Kier molecular flexibility index (Phi) is 6.66. The summed E-state index contributed by atoms with van der Waals surface area (Å²) >= 11 is 0. The normalized spacial score (nSPS) is 17.7. The summed E-state index contributed by atoms with van der Waals surface area (Å²) in [5.74, 6) is 0.0962. The molecule has 2 rings (SSSR count). The lowest BCUT2D eigenvalue weighted by atomic mass is 10.1. The second kappa shape index (κ2) is 8.51. The number of nitrogens with one attached hydrogen (secondary N) is 1. The van der Waals surface area contributed by atoms with Gasteiger partial charge in [-0.2, -0.15) is 0 Å². The molecule has 0 radical (unpaired) electrons. The van der Waals surface area contributed by atoms with Gasteiger partial charge in [-0.25, -0.2) is 8.42 Å². The summed E-state index contributed by atoms with van der Waals surface area (Å²) in [6.45, 7) is 4.72. The number of amides is 1. The van der Waals surface area contributed by atoms with Crippen molar-refractivity contribution in [1.82, 2.24) is 5.32 Å². The highest BCUT2D eigenvalue weighted by Gasteiger charge is 2.28. The van der Waals surface area contributed by atoms with E-state index < -0.39 is 10.0 Å². The SMILES string of the molecule is CCCCCCC(C)NC(=O)c1ccc(N2CCCS2(=O)=O)cc1. The first-order valence-electron chi connectivity index (χ1n) is 8.85. The molecule has 1 aliphatic heterocycles. The van der Waals surface area contributed by atoms with Crippen LogP contribution in [0.3, 0.4) is 0 Å². The average molecular weight is 353 g/mol. The van der Waals surface area contributed by atoms with Gasteiger partial charge in [-0.15, -0.1) is 0 Å². The smallest absolute Gasteiger partial charge is 0.251 e. The van der Waals surface area contributed by atoms with Crippen LogP contribution in [0.1, 0.15) is 62.7 Å². The zero-order valence-corrected chi connectivity index (χ0v) is 15.4. The Morgan fingerprint density at radius 1 is 1.21 bits per heavy atom. The molecule has 0 spiro atoms. The Bertz CT molecular complexity index is 641. The maximum atomic E-state index is 12.3. The molecular formula is C18H28N2O3S. The molecule has 0 bridgehead atoms. The molecule has 1 heterocycles. The number of hydrogen-bond donors (Lipinski definition) is 1. The maximum absolute atomic E-state index is 12.3. The van der Waals surface area contributed by atoms with Crippen molar-refractivity contribution >= 4 is 21.6 Å². The van der Waals surface area contributed by atoms with Crippen LogP contribution < -0.4 is 9.62 Å². The molecule has 0 aliphatic carbocycles. The average Bonchev–Trinajstić information content (AvgIpc) is 2.91. The van der Waals surface area contributed by atoms with Gasteiger partial charge in [0.25, 0.3) is 5.91 Å². The van der Waals surface area contributed by atoms with E-state index >= 15 is 0 Å². The van der Waals surface area contributed by atoms with Gasteiger partial charge in [-0.05, 0) is 44.0 Å². The van der Waals surface area contributed by atoms with Crippen molar-refractivity contribution in [3.8, 4) is 0 Å². The Labute approximate surface area is 145 Å².